The average Bonchev–Trinajstić information content (AvgIpc) is 3.23. The molecule has 5 heteroatoms. The summed E-state index contributed by atoms with van der Waals surface area (Å²) >= 11 is 0. The van der Waals surface area contributed by atoms with Crippen LogP contribution in [0.4, 0.5) is 0 Å². The molecule has 1 saturated heterocycles. The maximum absolute atomic E-state index is 13.1. The van der Waals surface area contributed by atoms with Crippen LogP contribution in [-0.2, 0) is 14.9 Å². The Labute approximate surface area is 141 Å². The van der Waals surface area contributed by atoms with Crippen LogP contribution in [0, 0.1) is 0 Å². The van der Waals surface area contributed by atoms with Gasteiger partial charge < -0.3 is 14.2 Å². The lowest BCUT2D eigenvalue weighted by Crippen LogP contribution is -2.51. The average molecular weight is 326 g/mol. The largest absolute Gasteiger partial charge is 0.372 e. The lowest BCUT2D eigenvalue weighted by Gasteiger charge is -2.37. The summed E-state index contributed by atoms with van der Waals surface area (Å²) < 4.78 is 11.3. The van der Waals surface area contributed by atoms with Crippen LogP contribution in [0.15, 0.2) is 40.9 Å². The quantitative estimate of drug-likeness (QED) is 0.870. The fourth-order valence-corrected chi connectivity index (χ4v) is 3.59. The van der Waals surface area contributed by atoms with Crippen LogP contribution in [0.1, 0.15) is 32.4 Å². The van der Waals surface area contributed by atoms with Crippen molar-refractivity contribution in [1.29, 1.82) is 0 Å². The molecule has 2 atom stereocenters. The molecule has 4 rings (SSSR count). The second-order valence-electron chi connectivity index (χ2n) is 6.99. The molecule has 126 valence electrons. The summed E-state index contributed by atoms with van der Waals surface area (Å²) in [6, 6.07) is 11.8. The molecule has 5 nitrogen and oxygen atoms in total. The Morgan fingerprint density at radius 2 is 1.83 bits per heavy atom. The molecule has 1 aromatic carbocycles. The van der Waals surface area contributed by atoms with Crippen molar-refractivity contribution in [3.8, 4) is 11.3 Å². The van der Waals surface area contributed by atoms with Crippen LogP contribution >= 0.6 is 0 Å². The number of rotatable bonds is 3. The molecule has 1 aliphatic heterocycles. The van der Waals surface area contributed by atoms with Crippen molar-refractivity contribution < 1.29 is 14.1 Å². The molecule has 1 aliphatic carbocycles. The number of carbonyl (C=O) groups is 1. The minimum atomic E-state index is -0.493. The lowest BCUT2D eigenvalue weighted by atomic mass is 9.98. The molecule has 1 saturated carbocycles. The predicted octanol–water partition coefficient (Wildman–Crippen LogP) is 3.01. The van der Waals surface area contributed by atoms with E-state index < -0.39 is 5.41 Å². The molecule has 2 heterocycles. The number of nitrogens with zero attached hydrogens (tertiary/aromatic N) is 2. The molecule has 1 amide bonds. The van der Waals surface area contributed by atoms with Gasteiger partial charge in [0.15, 0.2) is 5.76 Å². The summed E-state index contributed by atoms with van der Waals surface area (Å²) in [5.74, 6) is 0.880. The van der Waals surface area contributed by atoms with Gasteiger partial charge >= 0.3 is 0 Å². The topological polar surface area (TPSA) is 55.6 Å². The van der Waals surface area contributed by atoms with Gasteiger partial charge in [-0.25, -0.2) is 0 Å². The van der Waals surface area contributed by atoms with E-state index in [9.17, 15) is 4.79 Å². The minimum absolute atomic E-state index is 0.0747. The van der Waals surface area contributed by atoms with Gasteiger partial charge in [0.2, 0.25) is 5.91 Å². The Hall–Kier alpha value is -2.14. The van der Waals surface area contributed by atoms with Gasteiger partial charge in [0.05, 0.1) is 23.3 Å². The lowest BCUT2D eigenvalue weighted by molar-refractivity contribution is -0.146. The third kappa shape index (κ3) is 2.63. The summed E-state index contributed by atoms with van der Waals surface area (Å²) in [7, 11) is 0. The van der Waals surface area contributed by atoms with Gasteiger partial charge in [-0.15, -0.1) is 0 Å². The van der Waals surface area contributed by atoms with Crippen LogP contribution in [0.2, 0.25) is 0 Å². The summed E-state index contributed by atoms with van der Waals surface area (Å²) in [5.41, 5.74) is 1.25. The Morgan fingerprint density at radius 1 is 1.17 bits per heavy atom. The molecule has 2 aliphatic rings. The van der Waals surface area contributed by atoms with Gasteiger partial charge in [-0.3, -0.25) is 4.79 Å². The number of morpholine rings is 1. The Balaban J connectivity index is 1.57. The summed E-state index contributed by atoms with van der Waals surface area (Å²) in [6.45, 7) is 5.32. The van der Waals surface area contributed by atoms with Crippen molar-refractivity contribution in [1.82, 2.24) is 10.1 Å². The Morgan fingerprint density at radius 3 is 2.46 bits per heavy atom. The van der Waals surface area contributed by atoms with Crippen molar-refractivity contribution >= 4 is 5.91 Å². The normalized spacial score (nSPS) is 25.5. The van der Waals surface area contributed by atoms with E-state index in [-0.39, 0.29) is 18.1 Å². The molecule has 0 N–H and O–H groups in total. The third-order valence-electron chi connectivity index (χ3n) is 4.92. The molecular weight excluding hydrogens is 304 g/mol. The molecule has 2 fully saturated rings. The first-order valence-corrected chi connectivity index (χ1v) is 8.56. The van der Waals surface area contributed by atoms with E-state index in [0.29, 0.717) is 18.8 Å². The number of ether oxygens (including phenoxy) is 1. The Kier molecular flexibility index (Phi) is 3.68. The van der Waals surface area contributed by atoms with Crippen molar-refractivity contribution in [2.75, 3.05) is 13.1 Å². The summed E-state index contributed by atoms with van der Waals surface area (Å²) in [5, 5.41) is 4.23. The zero-order valence-corrected chi connectivity index (χ0v) is 14.1. The van der Waals surface area contributed by atoms with Crippen molar-refractivity contribution in [2.24, 2.45) is 0 Å². The van der Waals surface area contributed by atoms with E-state index in [1.54, 1.807) is 0 Å². The molecular formula is C19H22N2O3. The maximum atomic E-state index is 13.1. The van der Waals surface area contributed by atoms with Gasteiger partial charge in [0.25, 0.3) is 0 Å². The highest BCUT2D eigenvalue weighted by Crippen LogP contribution is 2.50. The van der Waals surface area contributed by atoms with Crippen LogP contribution in [0.25, 0.3) is 11.3 Å². The van der Waals surface area contributed by atoms with E-state index in [1.165, 1.54) is 0 Å². The molecule has 1 aromatic heterocycles. The zero-order valence-electron chi connectivity index (χ0n) is 14.1. The van der Waals surface area contributed by atoms with Crippen molar-refractivity contribution in [2.45, 2.75) is 44.3 Å². The zero-order chi connectivity index (χ0) is 16.7. The van der Waals surface area contributed by atoms with E-state index >= 15 is 0 Å². The first-order chi connectivity index (χ1) is 11.6. The number of hydrogen-bond acceptors (Lipinski definition) is 4. The van der Waals surface area contributed by atoms with Gasteiger partial charge in [0.1, 0.15) is 0 Å². The molecule has 0 bridgehead atoms. The van der Waals surface area contributed by atoms with Gasteiger partial charge in [-0.1, -0.05) is 35.5 Å². The number of aromatic nitrogens is 1. The minimum Gasteiger partial charge on any atom is -0.372 e. The van der Waals surface area contributed by atoms with Gasteiger partial charge in [-0.2, -0.15) is 0 Å². The molecule has 0 spiro atoms. The molecule has 0 radical (unpaired) electrons. The highest BCUT2D eigenvalue weighted by molar-refractivity contribution is 5.91. The van der Waals surface area contributed by atoms with E-state index in [1.807, 2.05) is 55.1 Å². The fourth-order valence-electron chi connectivity index (χ4n) is 3.59. The standard InChI is InChI=1S/C19H22N2O3/c1-13-11-21(12-14(2)23-13)18(22)19(8-9-19)17-10-16(24-20-17)15-6-4-3-5-7-15/h3-7,10,13-14H,8-9,11-12H2,1-2H3. The number of amides is 1. The van der Waals surface area contributed by atoms with Crippen molar-refractivity contribution in [3.05, 3.63) is 42.1 Å². The van der Waals surface area contributed by atoms with Crippen molar-refractivity contribution in [3.63, 3.8) is 0 Å². The highest BCUT2D eigenvalue weighted by atomic mass is 16.5. The highest BCUT2D eigenvalue weighted by Gasteiger charge is 2.56. The monoisotopic (exact) mass is 326 g/mol. The van der Waals surface area contributed by atoms with Gasteiger partial charge in [-0.05, 0) is 26.7 Å². The van der Waals surface area contributed by atoms with Crippen LogP contribution in [0.3, 0.4) is 0 Å². The third-order valence-corrected chi connectivity index (χ3v) is 4.92. The van der Waals surface area contributed by atoms with E-state index in [2.05, 4.69) is 5.16 Å². The fraction of sp³-hybridized carbons (Fsp3) is 0.474. The molecule has 2 aromatic rings. The number of benzene rings is 1. The molecule has 24 heavy (non-hydrogen) atoms. The van der Waals surface area contributed by atoms with Crippen LogP contribution in [-0.4, -0.2) is 41.3 Å². The molecule has 2 unspecified atom stereocenters. The first kappa shape index (κ1) is 15.4. The van der Waals surface area contributed by atoms with Gasteiger partial charge in [0, 0.05) is 24.7 Å². The van der Waals surface area contributed by atoms with E-state index in [0.717, 1.165) is 24.1 Å². The van der Waals surface area contributed by atoms with E-state index in [4.69, 9.17) is 9.26 Å². The predicted molar refractivity (Wildman–Crippen MR) is 89.4 cm³/mol. The summed E-state index contributed by atoms with van der Waals surface area (Å²) in [4.78, 5) is 15.0. The number of carbonyl (C=O) groups excluding carboxylic acids is 1. The van der Waals surface area contributed by atoms with Crippen LogP contribution in [0.5, 0.6) is 0 Å². The summed E-state index contributed by atoms with van der Waals surface area (Å²) in [6.07, 6.45) is 1.83. The maximum Gasteiger partial charge on any atom is 0.235 e. The first-order valence-electron chi connectivity index (χ1n) is 8.56. The SMILES string of the molecule is CC1CN(C(=O)C2(c3cc(-c4ccccc4)on3)CC2)CC(C)O1. The second-order valence-corrected chi connectivity index (χ2v) is 6.99. The smallest absolute Gasteiger partial charge is 0.235 e. The second kappa shape index (κ2) is 5.74. The van der Waals surface area contributed by atoms with Crippen LogP contribution < -0.4 is 0 Å². The Bertz CT molecular complexity index is 726. The number of hydrogen-bond donors (Lipinski definition) is 0.